The van der Waals surface area contributed by atoms with E-state index in [1.807, 2.05) is 0 Å². The average molecular weight is 732 g/mol. The lowest BCUT2D eigenvalue weighted by Crippen LogP contribution is -2.34. The third-order valence-corrected chi connectivity index (χ3v) is 8.15. The first kappa shape index (κ1) is 37.4. The van der Waals surface area contributed by atoms with Crippen molar-refractivity contribution >= 4 is 17.5 Å². The molecule has 1 atom stereocenters. The summed E-state index contributed by atoms with van der Waals surface area (Å²) in [7, 11) is 0. The van der Waals surface area contributed by atoms with Crippen molar-refractivity contribution in [3.05, 3.63) is 93.8 Å². The second-order valence-electron chi connectivity index (χ2n) is 12.0. The molecule has 2 aromatic carbocycles. The number of hydrogen-bond acceptors (Lipinski definition) is 7. The number of carbonyl (C=O) groups excluding carboxylic acids is 2. The van der Waals surface area contributed by atoms with E-state index < -0.39 is 102 Å². The summed E-state index contributed by atoms with van der Waals surface area (Å²) in [4.78, 5) is 34.3. The predicted molar refractivity (Wildman–Crippen MR) is 160 cm³/mol. The van der Waals surface area contributed by atoms with Crippen LogP contribution in [0.1, 0.15) is 70.7 Å². The van der Waals surface area contributed by atoms with E-state index in [0.717, 1.165) is 31.2 Å². The number of alkyl halides is 7. The monoisotopic (exact) mass is 731 g/mol. The molecule has 0 aliphatic heterocycles. The number of aromatic nitrogens is 4. The Balaban J connectivity index is 1.64. The molecule has 0 radical (unpaired) electrons. The van der Waals surface area contributed by atoms with Crippen LogP contribution in [0.15, 0.2) is 42.6 Å². The zero-order valence-electron chi connectivity index (χ0n) is 26.4. The molecule has 4 aromatic rings. The number of ketones is 2. The van der Waals surface area contributed by atoms with E-state index in [-0.39, 0.29) is 51.7 Å². The molecule has 1 aliphatic rings. The van der Waals surface area contributed by atoms with Crippen molar-refractivity contribution in [1.29, 1.82) is 0 Å². The van der Waals surface area contributed by atoms with Gasteiger partial charge in [0.25, 0.3) is 11.8 Å². The van der Waals surface area contributed by atoms with Crippen molar-refractivity contribution < 1.29 is 58.6 Å². The molecule has 0 amide bonds. The fraction of sp³-hybridized carbons (Fsp3) is 0.364. The number of nitrogens with zero attached hydrogens (tertiary/aromatic N) is 4. The Labute approximate surface area is 282 Å². The second-order valence-corrected chi connectivity index (χ2v) is 12.0. The summed E-state index contributed by atoms with van der Waals surface area (Å²) < 4.78 is 144. The Hall–Kier alpha value is -4.87. The number of aliphatic hydroxyl groups is 1. The van der Waals surface area contributed by atoms with Gasteiger partial charge in [-0.05, 0) is 48.7 Å². The van der Waals surface area contributed by atoms with Gasteiger partial charge in [0.05, 0.1) is 23.4 Å². The van der Waals surface area contributed by atoms with Crippen molar-refractivity contribution in [3.63, 3.8) is 0 Å². The summed E-state index contributed by atoms with van der Waals surface area (Å²) in [6.07, 6.45) is -8.71. The standard InChI is InChI=1S/C33H27F10N5O3/c1-16(50)23-12-18(2-3-25(23)36)24-14-45-30(44-6-7-49)46-27(24)19(8-17-9-20(34)13-21(35)10-17)11-22(51)15-48-29-26(28(47-48)33(41,42)43)31(37,38)4-5-32(29,39)40/h2-3,9-10,12-14,19,49H,4-8,11,15H2,1H3,(H,44,45,46)/t19-/m1/s1. The normalized spacial score (nSPS) is 15.7. The zero-order valence-corrected chi connectivity index (χ0v) is 26.4. The lowest BCUT2D eigenvalue weighted by molar-refractivity contribution is -0.149. The largest absolute Gasteiger partial charge is 0.435 e. The van der Waals surface area contributed by atoms with E-state index in [2.05, 4.69) is 20.4 Å². The number of halogens is 10. The molecule has 2 N–H and O–H groups in total. The van der Waals surface area contributed by atoms with Crippen LogP contribution in [0.3, 0.4) is 0 Å². The quantitative estimate of drug-likeness (QED) is 0.116. The van der Waals surface area contributed by atoms with Crippen molar-refractivity contribution in [2.24, 2.45) is 0 Å². The number of anilines is 1. The van der Waals surface area contributed by atoms with Gasteiger partial charge in [-0.2, -0.15) is 27.1 Å². The van der Waals surface area contributed by atoms with Crippen LogP contribution in [0.25, 0.3) is 11.1 Å². The molecule has 8 nitrogen and oxygen atoms in total. The van der Waals surface area contributed by atoms with E-state index in [1.54, 1.807) is 0 Å². The zero-order chi connectivity index (χ0) is 37.5. The molecule has 272 valence electrons. The van der Waals surface area contributed by atoms with Gasteiger partial charge < -0.3 is 10.4 Å². The number of fused-ring (bicyclic) bond motifs is 1. The summed E-state index contributed by atoms with van der Waals surface area (Å²) in [5.74, 6) is -14.7. The molecule has 2 heterocycles. The minimum absolute atomic E-state index is 0.0507. The summed E-state index contributed by atoms with van der Waals surface area (Å²) in [5.41, 5.74) is -6.34. The van der Waals surface area contributed by atoms with E-state index in [9.17, 15) is 49.8 Å². The lowest BCUT2D eigenvalue weighted by Gasteiger charge is -2.29. The third kappa shape index (κ3) is 8.05. The highest BCUT2D eigenvalue weighted by Crippen LogP contribution is 2.53. The van der Waals surface area contributed by atoms with Crippen molar-refractivity contribution in [2.75, 3.05) is 18.5 Å². The number of aliphatic hydroxyl groups excluding tert-OH is 1. The van der Waals surface area contributed by atoms with Crippen molar-refractivity contribution in [2.45, 2.75) is 63.1 Å². The van der Waals surface area contributed by atoms with Crippen LogP contribution < -0.4 is 5.32 Å². The number of Topliss-reactive ketones (excluding diaryl/α,β-unsaturated/α-hetero) is 2. The Bertz CT molecular complexity index is 1960. The fourth-order valence-electron chi connectivity index (χ4n) is 5.98. The van der Waals surface area contributed by atoms with Crippen LogP contribution in [-0.2, 0) is 35.8 Å². The predicted octanol–water partition coefficient (Wildman–Crippen LogP) is 7.35. The SMILES string of the molecule is CC(=O)c1cc(-c2cnc(NCCO)nc2[C@@H](CC(=O)Cn2nc(C(F)(F)F)c3c2C(F)(F)CCC3(F)F)Cc2cc(F)cc(F)c2)ccc1F. The molecule has 51 heavy (non-hydrogen) atoms. The number of nitrogens with one attached hydrogen (secondary N) is 1. The molecule has 1 aliphatic carbocycles. The molecule has 18 heteroatoms. The Morgan fingerprint density at radius 2 is 1.67 bits per heavy atom. The smallest absolute Gasteiger partial charge is 0.395 e. The molecule has 0 saturated carbocycles. The van der Waals surface area contributed by atoms with Gasteiger partial charge in [-0.1, -0.05) is 6.07 Å². The minimum Gasteiger partial charge on any atom is -0.395 e. The first-order valence-electron chi connectivity index (χ1n) is 15.2. The molecule has 0 bridgehead atoms. The Morgan fingerprint density at radius 1 is 1.00 bits per heavy atom. The second kappa shape index (κ2) is 14.0. The third-order valence-electron chi connectivity index (χ3n) is 8.15. The molecular weight excluding hydrogens is 704 g/mol. The minimum atomic E-state index is -5.58. The Morgan fingerprint density at radius 3 is 2.29 bits per heavy atom. The van der Waals surface area contributed by atoms with E-state index in [0.29, 0.717) is 6.07 Å². The van der Waals surface area contributed by atoms with Crippen LogP contribution in [0, 0.1) is 17.5 Å². The van der Waals surface area contributed by atoms with Gasteiger partial charge in [0, 0.05) is 49.6 Å². The van der Waals surface area contributed by atoms with Gasteiger partial charge in [0.15, 0.2) is 17.3 Å². The average Bonchev–Trinajstić information content (AvgIpc) is 3.44. The molecule has 0 saturated heterocycles. The highest BCUT2D eigenvalue weighted by Gasteiger charge is 2.57. The number of carbonyl (C=O) groups is 2. The highest BCUT2D eigenvalue weighted by atomic mass is 19.4. The van der Waals surface area contributed by atoms with Gasteiger partial charge in [-0.25, -0.2) is 31.9 Å². The van der Waals surface area contributed by atoms with Gasteiger partial charge in [0.1, 0.15) is 29.7 Å². The molecule has 2 aromatic heterocycles. The first-order chi connectivity index (χ1) is 23.8. The van der Waals surface area contributed by atoms with Gasteiger partial charge >= 0.3 is 6.18 Å². The summed E-state index contributed by atoms with van der Waals surface area (Å²) >= 11 is 0. The van der Waals surface area contributed by atoms with E-state index in [4.69, 9.17) is 0 Å². The fourth-order valence-corrected chi connectivity index (χ4v) is 5.98. The maximum atomic E-state index is 15.0. The molecule has 0 spiro atoms. The molecule has 0 unspecified atom stereocenters. The maximum absolute atomic E-state index is 15.0. The van der Waals surface area contributed by atoms with Crippen LogP contribution >= 0.6 is 0 Å². The first-order valence-corrected chi connectivity index (χ1v) is 15.2. The van der Waals surface area contributed by atoms with Crippen LogP contribution in [0.2, 0.25) is 0 Å². The maximum Gasteiger partial charge on any atom is 0.435 e. The van der Waals surface area contributed by atoms with E-state index in [1.165, 1.54) is 12.3 Å². The van der Waals surface area contributed by atoms with Gasteiger partial charge in [0.2, 0.25) is 5.95 Å². The number of benzene rings is 2. The van der Waals surface area contributed by atoms with Crippen molar-refractivity contribution in [3.8, 4) is 11.1 Å². The molecular formula is C33H27F10N5O3. The summed E-state index contributed by atoms with van der Waals surface area (Å²) in [6, 6.07) is 5.75. The van der Waals surface area contributed by atoms with Gasteiger partial charge in [-0.3, -0.25) is 14.3 Å². The summed E-state index contributed by atoms with van der Waals surface area (Å²) in [6.45, 7) is -0.700. The van der Waals surface area contributed by atoms with Crippen molar-refractivity contribution in [1.82, 2.24) is 19.7 Å². The van der Waals surface area contributed by atoms with Crippen LogP contribution in [0.5, 0.6) is 0 Å². The molecule has 5 rings (SSSR count). The molecule has 0 fully saturated rings. The topological polar surface area (TPSA) is 110 Å². The summed E-state index contributed by atoms with van der Waals surface area (Å²) in [5, 5.41) is 15.0. The van der Waals surface area contributed by atoms with E-state index >= 15 is 8.78 Å². The van der Waals surface area contributed by atoms with Crippen LogP contribution in [0.4, 0.5) is 49.9 Å². The number of rotatable bonds is 12. The highest BCUT2D eigenvalue weighted by molar-refractivity contribution is 5.95. The van der Waals surface area contributed by atoms with Crippen LogP contribution in [-0.4, -0.2) is 49.6 Å². The Kier molecular flexibility index (Phi) is 10.3. The van der Waals surface area contributed by atoms with Gasteiger partial charge in [-0.15, -0.1) is 0 Å². The lowest BCUT2D eigenvalue weighted by atomic mass is 9.86. The number of hydrogen-bond donors (Lipinski definition) is 2.